The molecule has 0 aliphatic rings. The zero-order chi connectivity index (χ0) is 21.3. The zero-order valence-corrected chi connectivity index (χ0v) is 17.5. The predicted molar refractivity (Wildman–Crippen MR) is 134 cm³/mol. The lowest BCUT2D eigenvalue weighted by molar-refractivity contribution is 0.631. The highest BCUT2D eigenvalue weighted by Crippen LogP contribution is 2.37. The van der Waals surface area contributed by atoms with Gasteiger partial charge in [-0.1, -0.05) is 66.7 Å². The van der Waals surface area contributed by atoms with Crippen molar-refractivity contribution in [3.63, 3.8) is 0 Å². The van der Waals surface area contributed by atoms with Crippen LogP contribution in [0.1, 0.15) is 0 Å². The van der Waals surface area contributed by atoms with E-state index in [-0.39, 0.29) is 0 Å². The number of benzene rings is 5. The summed E-state index contributed by atoms with van der Waals surface area (Å²) in [5, 5.41) is 3.59. The minimum atomic E-state index is 0.884. The van der Waals surface area contributed by atoms with Crippen LogP contribution in [-0.4, -0.2) is 0 Å². The highest BCUT2D eigenvalue weighted by atomic mass is 16.3. The topological polar surface area (TPSA) is 16.4 Å². The lowest BCUT2D eigenvalue weighted by Crippen LogP contribution is -2.09. The van der Waals surface area contributed by atoms with Crippen molar-refractivity contribution < 1.29 is 4.42 Å². The van der Waals surface area contributed by atoms with E-state index in [4.69, 9.17) is 4.42 Å². The van der Waals surface area contributed by atoms with Crippen LogP contribution in [0.4, 0.5) is 17.1 Å². The fraction of sp³-hybridized carbons (Fsp3) is 0. The first-order chi connectivity index (χ1) is 15.8. The molecule has 0 saturated heterocycles. The molecule has 1 heterocycles. The number of anilines is 3. The summed E-state index contributed by atoms with van der Waals surface area (Å²) in [5.74, 6) is 0.884. The average Bonchev–Trinajstić information content (AvgIpc) is 3.30. The number of fused-ring (bicyclic) bond motifs is 2. The molecular formula is C30H21NO. The summed E-state index contributed by atoms with van der Waals surface area (Å²) < 4.78 is 6.06. The summed E-state index contributed by atoms with van der Waals surface area (Å²) in [6.45, 7) is 0. The van der Waals surface area contributed by atoms with Crippen molar-refractivity contribution in [3.8, 4) is 11.3 Å². The fourth-order valence-electron chi connectivity index (χ4n) is 4.24. The van der Waals surface area contributed by atoms with E-state index in [0.717, 1.165) is 39.4 Å². The van der Waals surface area contributed by atoms with E-state index in [1.807, 2.05) is 24.3 Å². The first kappa shape index (κ1) is 18.5. The SMILES string of the molecule is c1ccc(N(c2ccc(-c3cc4ccccc4o3)cc2)c2ccc3ccccc3c2)cc1. The van der Waals surface area contributed by atoms with Crippen molar-refractivity contribution in [3.05, 3.63) is 127 Å². The smallest absolute Gasteiger partial charge is 0.135 e. The Morgan fingerprint density at radius 3 is 1.84 bits per heavy atom. The van der Waals surface area contributed by atoms with Gasteiger partial charge in [0.2, 0.25) is 0 Å². The minimum absolute atomic E-state index is 0.884. The number of nitrogens with zero attached hydrogens (tertiary/aromatic N) is 1. The monoisotopic (exact) mass is 411 g/mol. The summed E-state index contributed by atoms with van der Waals surface area (Å²) in [4.78, 5) is 2.29. The number of para-hydroxylation sites is 2. The first-order valence-corrected chi connectivity index (χ1v) is 10.8. The van der Waals surface area contributed by atoms with Gasteiger partial charge in [0.05, 0.1) is 0 Å². The summed E-state index contributed by atoms with van der Waals surface area (Å²) >= 11 is 0. The number of hydrogen-bond acceptors (Lipinski definition) is 2. The van der Waals surface area contributed by atoms with Gasteiger partial charge in [-0.15, -0.1) is 0 Å². The second-order valence-corrected chi connectivity index (χ2v) is 7.90. The summed E-state index contributed by atoms with van der Waals surface area (Å²) in [5.41, 5.74) is 5.34. The van der Waals surface area contributed by atoms with Crippen molar-refractivity contribution in [2.45, 2.75) is 0 Å². The Morgan fingerprint density at radius 1 is 0.438 bits per heavy atom. The lowest BCUT2D eigenvalue weighted by atomic mass is 10.1. The van der Waals surface area contributed by atoms with E-state index in [0.29, 0.717) is 0 Å². The van der Waals surface area contributed by atoms with Gasteiger partial charge in [-0.2, -0.15) is 0 Å². The molecule has 0 fully saturated rings. The molecule has 6 rings (SSSR count). The molecule has 6 aromatic rings. The molecule has 2 heteroatoms. The zero-order valence-electron chi connectivity index (χ0n) is 17.5. The van der Waals surface area contributed by atoms with E-state index in [1.54, 1.807) is 0 Å². The third-order valence-electron chi connectivity index (χ3n) is 5.84. The van der Waals surface area contributed by atoms with Gasteiger partial charge in [0.1, 0.15) is 11.3 Å². The van der Waals surface area contributed by atoms with Crippen LogP contribution in [0.15, 0.2) is 132 Å². The number of hydrogen-bond donors (Lipinski definition) is 0. The van der Waals surface area contributed by atoms with Crippen LogP contribution in [0.25, 0.3) is 33.1 Å². The van der Waals surface area contributed by atoms with E-state index in [9.17, 15) is 0 Å². The van der Waals surface area contributed by atoms with Gasteiger partial charge in [0, 0.05) is 28.0 Å². The largest absolute Gasteiger partial charge is 0.456 e. The van der Waals surface area contributed by atoms with Crippen molar-refractivity contribution in [1.82, 2.24) is 0 Å². The van der Waals surface area contributed by atoms with Crippen LogP contribution in [0.5, 0.6) is 0 Å². The van der Waals surface area contributed by atoms with Crippen molar-refractivity contribution in [2.75, 3.05) is 4.90 Å². The molecule has 32 heavy (non-hydrogen) atoms. The molecule has 0 aliphatic heterocycles. The van der Waals surface area contributed by atoms with Gasteiger partial charge in [-0.25, -0.2) is 0 Å². The van der Waals surface area contributed by atoms with Crippen molar-refractivity contribution in [1.29, 1.82) is 0 Å². The summed E-state index contributed by atoms with van der Waals surface area (Å²) in [7, 11) is 0. The Labute approximate surface area is 187 Å². The predicted octanol–water partition coefficient (Wildman–Crippen LogP) is 8.72. The molecule has 1 aromatic heterocycles. The number of furan rings is 1. The standard InChI is InChI=1S/C30H21NO/c1-2-11-26(12-3-1)31(28-19-14-22-8-4-5-9-24(22)20-28)27-17-15-23(16-18-27)30-21-25-10-6-7-13-29(25)32-30/h1-21H. The second kappa shape index (κ2) is 7.75. The Bertz CT molecular complexity index is 1480. The molecule has 0 unspecified atom stereocenters. The molecule has 0 spiro atoms. The highest BCUT2D eigenvalue weighted by molar-refractivity contribution is 5.89. The lowest BCUT2D eigenvalue weighted by Gasteiger charge is -2.26. The highest BCUT2D eigenvalue weighted by Gasteiger charge is 2.14. The Hall–Kier alpha value is -4.30. The van der Waals surface area contributed by atoms with Crippen LogP contribution < -0.4 is 4.90 Å². The van der Waals surface area contributed by atoms with Crippen LogP contribution >= 0.6 is 0 Å². The van der Waals surface area contributed by atoms with Crippen LogP contribution in [0.3, 0.4) is 0 Å². The fourth-order valence-corrected chi connectivity index (χ4v) is 4.24. The van der Waals surface area contributed by atoms with Gasteiger partial charge in [-0.05, 0) is 71.4 Å². The molecule has 0 bridgehead atoms. The van der Waals surface area contributed by atoms with Crippen molar-refractivity contribution >= 4 is 38.8 Å². The maximum atomic E-state index is 6.06. The van der Waals surface area contributed by atoms with Gasteiger partial charge < -0.3 is 9.32 Å². The molecule has 5 aromatic carbocycles. The van der Waals surface area contributed by atoms with Gasteiger partial charge >= 0.3 is 0 Å². The Kier molecular flexibility index (Phi) is 4.47. The Balaban J connectivity index is 1.43. The van der Waals surface area contributed by atoms with E-state index < -0.39 is 0 Å². The molecule has 0 radical (unpaired) electrons. The van der Waals surface area contributed by atoms with Crippen LogP contribution in [0.2, 0.25) is 0 Å². The normalized spacial score (nSPS) is 11.1. The maximum Gasteiger partial charge on any atom is 0.135 e. The van der Waals surface area contributed by atoms with Gasteiger partial charge in [0.15, 0.2) is 0 Å². The number of rotatable bonds is 4. The minimum Gasteiger partial charge on any atom is -0.456 e. The Morgan fingerprint density at radius 2 is 1.06 bits per heavy atom. The molecule has 152 valence electrons. The average molecular weight is 412 g/mol. The van der Waals surface area contributed by atoms with Crippen molar-refractivity contribution in [2.24, 2.45) is 0 Å². The molecule has 0 aliphatic carbocycles. The third kappa shape index (κ3) is 3.32. The van der Waals surface area contributed by atoms with E-state index in [2.05, 4.69) is 108 Å². The molecular weight excluding hydrogens is 390 g/mol. The first-order valence-electron chi connectivity index (χ1n) is 10.8. The van der Waals surface area contributed by atoms with Crippen LogP contribution in [0, 0.1) is 0 Å². The van der Waals surface area contributed by atoms with Gasteiger partial charge in [-0.3, -0.25) is 0 Å². The van der Waals surface area contributed by atoms with Crippen LogP contribution in [-0.2, 0) is 0 Å². The summed E-state index contributed by atoms with van der Waals surface area (Å²) in [6.07, 6.45) is 0. The third-order valence-corrected chi connectivity index (χ3v) is 5.84. The molecule has 0 saturated carbocycles. The van der Waals surface area contributed by atoms with Gasteiger partial charge in [0.25, 0.3) is 0 Å². The van der Waals surface area contributed by atoms with E-state index in [1.165, 1.54) is 10.8 Å². The molecule has 0 atom stereocenters. The molecule has 0 amide bonds. The molecule has 0 N–H and O–H groups in total. The van der Waals surface area contributed by atoms with E-state index >= 15 is 0 Å². The molecule has 2 nitrogen and oxygen atoms in total. The maximum absolute atomic E-state index is 6.06. The second-order valence-electron chi connectivity index (χ2n) is 7.90. The summed E-state index contributed by atoms with van der Waals surface area (Å²) in [6, 6.07) is 44.3. The quantitative estimate of drug-likeness (QED) is 0.288.